The third-order valence-electron chi connectivity index (χ3n) is 7.39. The van der Waals surface area contributed by atoms with Crippen LogP contribution in [0, 0.1) is 0 Å². The van der Waals surface area contributed by atoms with Crippen LogP contribution in [-0.2, 0) is 42.7 Å². The van der Waals surface area contributed by atoms with E-state index in [4.69, 9.17) is 19.5 Å². The van der Waals surface area contributed by atoms with Gasteiger partial charge in [0.25, 0.3) is 0 Å². The predicted molar refractivity (Wildman–Crippen MR) is 170 cm³/mol. The van der Waals surface area contributed by atoms with Crippen molar-refractivity contribution in [2.75, 3.05) is 12.3 Å². The summed E-state index contributed by atoms with van der Waals surface area (Å²) >= 11 is 0. The zero-order valence-electron chi connectivity index (χ0n) is 26.1. The maximum Gasteiger partial charge on any atom is 0.490 e. The standard InChI is InChI=1S/C27H40N5O13P3/c1-2-3-4-5-6-7-8-9-21(33)20-12-10-19(11-13-20)15-41-46(35,36)44-48(39,40)45-47(37,38)42-16-23-22(34)14-24(43-23)32-18-31-25-26(28)29-17-30-27(25)32/h10-13,17-18,22-24,34H,2-9,14-16H2,1H3,(H,35,36)(H,37,38)(H,39,40)(H2,28,29,30). The van der Waals surface area contributed by atoms with Crippen molar-refractivity contribution in [1.82, 2.24) is 19.5 Å². The highest BCUT2D eigenvalue weighted by molar-refractivity contribution is 7.66. The summed E-state index contributed by atoms with van der Waals surface area (Å²) in [7, 11) is -16.5. The fourth-order valence-corrected chi connectivity index (χ4v) is 8.44. The Labute approximate surface area is 276 Å². The number of aromatic nitrogens is 4. The zero-order valence-corrected chi connectivity index (χ0v) is 28.8. The van der Waals surface area contributed by atoms with Crippen LogP contribution in [0.3, 0.4) is 0 Å². The number of imidazole rings is 1. The Morgan fingerprint density at radius 1 is 0.938 bits per heavy atom. The average Bonchev–Trinajstić information content (AvgIpc) is 3.61. The van der Waals surface area contributed by atoms with Gasteiger partial charge in [0, 0.05) is 18.4 Å². The minimum absolute atomic E-state index is 0.00902. The molecule has 21 heteroatoms. The summed E-state index contributed by atoms with van der Waals surface area (Å²) in [6.45, 7) is 0.790. The number of phosphoric ester groups is 2. The average molecular weight is 736 g/mol. The van der Waals surface area contributed by atoms with E-state index in [9.17, 15) is 38.3 Å². The second-order valence-electron chi connectivity index (χ2n) is 11.1. The number of ether oxygens (including phenoxy) is 1. The maximum atomic E-state index is 12.4. The summed E-state index contributed by atoms with van der Waals surface area (Å²) in [5.74, 6) is 0.0856. The number of nitrogen functional groups attached to an aromatic ring is 1. The number of unbranched alkanes of at least 4 members (excludes halogenated alkanes) is 6. The van der Waals surface area contributed by atoms with E-state index in [1.807, 2.05) is 0 Å². The molecular formula is C27H40N5O13P3. The molecule has 1 aliphatic rings. The van der Waals surface area contributed by atoms with Gasteiger partial charge in [-0.1, -0.05) is 69.7 Å². The number of carbonyl (C=O) groups is 1. The van der Waals surface area contributed by atoms with Gasteiger partial charge in [0.15, 0.2) is 17.2 Å². The molecule has 1 saturated heterocycles. The molecule has 48 heavy (non-hydrogen) atoms. The lowest BCUT2D eigenvalue weighted by molar-refractivity contribution is -0.0423. The van der Waals surface area contributed by atoms with Gasteiger partial charge in [-0.3, -0.25) is 18.4 Å². The van der Waals surface area contributed by atoms with Crippen LogP contribution in [0.5, 0.6) is 0 Å². The smallest absolute Gasteiger partial charge is 0.390 e. The van der Waals surface area contributed by atoms with Gasteiger partial charge >= 0.3 is 23.5 Å². The van der Waals surface area contributed by atoms with E-state index in [-0.39, 0.29) is 18.0 Å². The van der Waals surface area contributed by atoms with Crippen LogP contribution in [0.2, 0.25) is 0 Å². The Hall–Kier alpha value is -2.43. The number of ketones is 1. The van der Waals surface area contributed by atoms with E-state index >= 15 is 0 Å². The third kappa shape index (κ3) is 11.3. The number of phosphoric acid groups is 3. The number of hydrogen-bond acceptors (Lipinski definition) is 14. The number of anilines is 1. The van der Waals surface area contributed by atoms with Crippen LogP contribution in [0.1, 0.15) is 86.9 Å². The predicted octanol–water partition coefficient (Wildman–Crippen LogP) is 4.95. The van der Waals surface area contributed by atoms with Crippen molar-refractivity contribution >= 4 is 46.2 Å². The molecule has 3 heterocycles. The van der Waals surface area contributed by atoms with E-state index < -0.39 is 55.1 Å². The van der Waals surface area contributed by atoms with Crippen molar-refractivity contribution < 1.29 is 60.7 Å². The normalized spacial score (nSPS) is 21.9. The number of aliphatic hydroxyl groups excluding tert-OH is 1. The number of benzene rings is 1. The summed E-state index contributed by atoms with van der Waals surface area (Å²) in [6, 6.07) is 6.01. The Morgan fingerprint density at radius 3 is 2.27 bits per heavy atom. The first-order valence-corrected chi connectivity index (χ1v) is 19.8. The van der Waals surface area contributed by atoms with Gasteiger partial charge in [-0.15, -0.1) is 0 Å². The van der Waals surface area contributed by atoms with Gasteiger partial charge in [0.2, 0.25) is 0 Å². The number of nitrogens with two attached hydrogens (primary N) is 1. The second-order valence-corrected chi connectivity index (χ2v) is 15.8. The third-order valence-corrected chi connectivity index (χ3v) is 11.6. The van der Waals surface area contributed by atoms with Crippen molar-refractivity contribution in [2.24, 2.45) is 0 Å². The highest BCUT2D eigenvalue weighted by Crippen LogP contribution is 2.68. The zero-order chi connectivity index (χ0) is 35.0. The molecule has 1 aromatic carbocycles. The lowest BCUT2D eigenvalue weighted by atomic mass is 10.0. The van der Waals surface area contributed by atoms with Crippen molar-refractivity contribution in [1.29, 1.82) is 0 Å². The van der Waals surface area contributed by atoms with E-state index in [2.05, 4.69) is 30.5 Å². The molecule has 6 N–H and O–H groups in total. The Bertz CT molecular complexity index is 1670. The largest absolute Gasteiger partial charge is 0.490 e. The fraction of sp³-hybridized carbons (Fsp3) is 0.556. The fourth-order valence-electron chi connectivity index (χ4n) is 4.94. The molecule has 0 radical (unpaired) electrons. The van der Waals surface area contributed by atoms with Crippen LogP contribution < -0.4 is 5.73 Å². The minimum atomic E-state index is -5.72. The molecule has 3 aromatic rings. The molecule has 0 aliphatic carbocycles. The molecule has 266 valence electrons. The number of Topliss-reactive ketones (excluding diaryl/α,β-unsaturated/α-hetero) is 1. The van der Waals surface area contributed by atoms with Gasteiger partial charge in [0.1, 0.15) is 24.2 Å². The van der Waals surface area contributed by atoms with Gasteiger partial charge in [-0.25, -0.2) is 28.6 Å². The van der Waals surface area contributed by atoms with Crippen LogP contribution in [0.15, 0.2) is 36.9 Å². The van der Waals surface area contributed by atoms with E-state index in [0.29, 0.717) is 28.7 Å². The summed E-state index contributed by atoms with van der Waals surface area (Å²) < 4.78 is 61.8. The molecule has 4 rings (SSSR count). The van der Waals surface area contributed by atoms with Crippen molar-refractivity contribution in [3.8, 4) is 0 Å². The highest BCUT2D eigenvalue weighted by atomic mass is 31.3. The summed E-state index contributed by atoms with van der Waals surface area (Å²) in [6.07, 6.45) is 7.29. The molecule has 0 spiro atoms. The lowest BCUT2D eigenvalue weighted by Gasteiger charge is -2.20. The molecular weight excluding hydrogens is 695 g/mol. The number of fused-ring (bicyclic) bond motifs is 1. The first-order valence-electron chi connectivity index (χ1n) is 15.3. The number of aliphatic hydroxyl groups is 1. The summed E-state index contributed by atoms with van der Waals surface area (Å²) in [5.41, 5.74) is 7.18. The molecule has 1 fully saturated rings. The first kappa shape index (κ1) is 38.4. The van der Waals surface area contributed by atoms with Crippen molar-refractivity contribution in [2.45, 2.75) is 89.8 Å². The monoisotopic (exact) mass is 735 g/mol. The SMILES string of the molecule is CCCCCCCCCC(=O)c1ccc(COP(=O)(O)OP(=O)(O)OP(=O)(O)OCC2OC(n3cnc4c(N)ncnc43)CC2O)cc1. The molecule has 2 aromatic heterocycles. The van der Waals surface area contributed by atoms with E-state index in [1.165, 1.54) is 60.7 Å². The maximum absolute atomic E-state index is 12.4. The summed E-state index contributed by atoms with van der Waals surface area (Å²) in [5, 5.41) is 10.4. The quantitative estimate of drug-likeness (QED) is 0.0584. The number of rotatable bonds is 20. The van der Waals surface area contributed by atoms with Gasteiger partial charge in [-0.05, 0) is 12.0 Å². The second kappa shape index (κ2) is 17.0. The van der Waals surface area contributed by atoms with E-state index in [0.717, 1.165) is 25.7 Å². The number of nitrogens with zero attached hydrogens (tertiary/aromatic N) is 4. The van der Waals surface area contributed by atoms with Crippen LogP contribution >= 0.6 is 23.5 Å². The van der Waals surface area contributed by atoms with Gasteiger partial charge in [-0.2, -0.15) is 8.62 Å². The Morgan fingerprint density at radius 2 is 1.58 bits per heavy atom. The molecule has 6 atom stereocenters. The lowest BCUT2D eigenvalue weighted by Crippen LogP contribution is -2.26. The molecule has 0 saturated carbocycles. The molecule has 0 amide bonds. The van der Waals surface area contributed by atoms with Crippen LogP contribution in [0.25, 0.3) is 11.2 Å². The first-order chi connectivity index (χ1) is 22.7. The van der Waals surface area contributed by atoms with Crippen molar-refractivity contribution in [3.63, 3.8) is 0 Å². The van der Waals surface area contributed by atoms with Gasteiger partial charge < -0.3 is 30.3 Å². The highest BCUT2D eigenvalue weighted by Gasteiger charge is 2.44. The Balaban J connectivity index is 1.21. The number of hydrogen-bond donors (Lipinski definition) is 5. The van der Waals surface area contributed by atoms with Gasteiger partial charge in [0.05, 0.1) is 25.6 Å². The molecule has 0 bridgehead atoms. The van der Waals surface area contributed by atoms with Crippen LogP contribution in [-0.4, -0.2) is 63.9 Å². The van der Waals surface area contributed by atoms with Crippen LogP contribution in [0.4, 0.5) is 5.82 Å². The van der Waals surface area contributed by atoms with Crippen molar-refractivity contribution in [3.05, 3.63) is 48.0 Å². The number of carbonyl (C=O) groups excluding carboxylic acids is 1. The summed E-state index contributed by atoms with van der Waals surface area (Å²) in [4.78, 5) is 54.3. The minimum Gasteiger partial charge on any atom is -0.390 e. The Kier molecular flexibility index (Phi) is 13.6. The van der Waals surface area contributed by atoms with E-state index in [1.54, 1.807) is 0 Å². The molecule has 6 unspecified atom stereocenters. The molecule has 18 nitrogen and oxygen atoms in total. The topological polar surface area (TPSA) is 265 Å². The molecule has 1 aliphatic heterocycles.